The molecule has 0 radical (unpaired) electrons. The average molecular weight is 453 g/mol. The molecule has 9 nitrogen and oxygen atoms in total. The maximum Gasteiger partial charge on any atom is 0.294 e. The van der Waals surface area contributed by atoms with Gasteiger partial charge in [-0.2, -0.15) is 0 Å². The third-order valence-electron chi connectivity index (χ3n) is 5.49. The number of carbonyl (C=O) groups excluding carboxylic acids is 1. The zero-order valence-corrected chi connectivity index (χ0v) is 17.9. The van der Waals surface area contributed by atoms with E-state index in [0.29, 0.717) is 35.6 Å². The van der Waals surface area contributed by atoms with Crippen LogP contribution in [-0.4, -0.2) is 55.9 Å². The van der Waals surface area contributed by atoms with Crippen LogP contribution in [0.3, 0.4) is 0 Å². The predicted octanol–water partition coefficient (Wildman–Crippen LogP) is 1.80. The number of nitrogens with two attached hydrogens (primary N) is 1. The fourth-order valence-electron chi connectivity index (χ4n) is 3.81. The van der Waals surface area contributed by atoms with E-state index in [2.05, 4.69) is 20.1 Å². The maximum atomic E-state index is 13.7. The molecule has 0 spiro atoms. The number of carbonyl (C=O) groups is 1. The Balaban J connectivity index is 1.59. The molecule has 33 heavy (non-hydrogen) atoms. The monoisotopic (exact) mass is 453 g/mol. The number of nitrogens with zero attached hydrogens (tertiary/aromatic N) is 5. The number of halogens is 2. The van der Waals surface area contributed by atoms with Crippen molar-refractivity contribution in [2.24, 2.45) is 10.7 Å². The number of benzene rings is 1. The first-order valence-electron chi connectivity index (χ1n) is 10.1. The Hall–Kier alpha value is -4.15. The highest BCUT2D eigenvalue weighted by Gasteiger charge is 2.32. The maximum absolute atomic E-state index is 13.7. The van der Waals surface area contributed by atoms with Crippen LogP contribution in [0.5, 0.6) is 0 Å². The third kappa shape index (κ3) is 4.29. The molecular formula is C22H21F2N7O2. The van der Waals surface area contributed by atoms with E-state index < -0.39 is 23.6 Å². The molecule has 0 saturated carbocycles. The molecule has 0 saturated heterocycles. The predicted molar refractivity (Wildman–Crippen MR) is 117 cm³/mol. The van der Waals surface area contributed by atoms with Gasteiger partial charge in [0.25, 0.3) is 5.91 Å². The van der Waals surface area contributed by atoms with Crippen molar-refractivity contribution >= 4 is 11.6 Å². The van der Waals surface area contributed by atoms with Crippen molar-refractivity contribution in [3.8, 4) is 5.69 Å². The number of rotatable bonds is 4. The minimum absolute atomic E-state index is 0.0270. The van der Waals surface area contributed by atoms with Crippen molar-refractivity contribution in [2.45, 2.75) is 19.4 Å². The van der Waals surface area contributed by atoms with Crippen molar-refractivity contribution in [3.63, 3.8) is 0 Å². The smallest absolute Gasteiger partial charge is 0.294 e. The molecule has 2 aromatic heterocycles. The van der Waals surface area contributed by atoms with Crippen molar-refractivity contribution in [1.82, 2.24) is 24.6 Å². The zero-order valence-electron chi connectivity index (χ0n) is 17.9. The van der Waals surface area contributed by atoms with E-state index in [1.54, 1.807) is 13.0 Å². The standard InChI is InChI=1S/C22H21F2N7O2/c1-12-19(25)17(20(26-2)13-7-14(23)9-15(24)8-13)5-6-30(12)22(33)21-28-11-31(29-21)16-3-4-18(32)27-10-16/h3-4,7-12H,5-6,25H2,1-2H3,(H,27,32)/t12-/m0/s1. The molecule has 3 N–H and O–H groups in total. The van der Waals surface area contributed by atoms with Crippen LogP contribution >= 0.6 is 0 Å². The first kappa shape index (κ1) is 22.1. The normalized spacial score (nSPS) is 16.9. The Bertz CT molecular complexity index is 1300. The van der Waals surface area contributed by atoms with Gasteiger partial charge in [0, 0.05) is 48.8 Å². The summed E-state index contributed by atoms with van der Waals surface area (Å²) in [6.45, 7) is 2.05. The van der Waals surface area contributed by atoms with Gasteiger partial charge in [0.2, 0.25) is 11.4 Å². The highest BCUT2D eigenvalue weighted by atomic mass is 19.1. The summed E-state index contributed by atoms with van der Waals surface area (Å²) in [5.74, 6) is -1.87. The molecule has 3 aromatic rings. The summed E-state index contributed by atoms with van der Waals surface area (Å²) < 4.78 is 28.9. The second kappa shape index (κ2) is 8.77. The molecule has 1 amide bonds. The summed E-state index contributed by atoms with van der Waals surface area (Å²) in [6, 6.07) is 5.56. The van der Waals surface area contributed by atoms with E-state index in [1.807, 2.05) is 0 Å². The number of pyridine rings is 1. The lowest BCUT2D eigenvalue weighted by Gasteiger charge is -2.35. The van der Waals surface area contributed by atoms with E-state index in [-0.39, 0.29) is 16.9 Å². The molecule has 1 aliphatic heterocycles. The molecule has 0 unspecified atom stereocenters. The molecule has 4 rings (SSSR count). The van der Waals surface area contributed by atoms with E-state index >= 15 is 0 Å². The number of aromatic amines is 1. The van der Waals surface area contributed by atoms with Crippen LogP contribution in [0.1, 0.15) is 29.5 Å². The van der Waals surface area contributed by atoms with Crippen LogP contribution in [0.15, 0.2) is 63.9 Å². The molecule has 0 bridgehead atoms. The van der Waals surface area contributed by atoms with Gasteiger partial charge in [-0.25, -0.2) is 18.4 Å². The summed E-state index contributed by atoms with van der Waals surface area (Å²) in [6.07, 6.45) is 3.18. The van der Waals surface area contributed by atoms with E-state index in [9.17, 15) is 18.4 Å². The van der Waals surface area contributed by atoms with Crippen molar-refractivity contribution in [2.75, 3.05) is 13.6 Å². The molecule has 1 aliphatic rings. The van der Waals surface area contributed by atoms with Crippen LogP contribution in [0.2, 0.25) is 0 Å². The van der Waals surface area contributed by atoms with Gasteiger partial charge in [0.05, 0.1) is 17.4 Å². The molecule has 1 aromatic carbocycles. The van der Waals surface area contributed by atoms with Gasteiger partial charge in [-0.3, -0.25) is 14.6 Å². The van der Waals surface area contributed by atoms with Gasteiger partial charge < -0.3 is 15.6 Å². The first-order chi connectivity index (χ1) is 15.8. The van der Waals surface area contributed by atoms with Gasteiger partial charge in [-0.15, -0.1) is 5.10 Å². The van der Waals surface area contributed by atoms with Crippen LogP contribution in [0, 0.1) is 11.6 Å². The second-order valence-electron chi connectivity index (χ2n) is 7.51. The van der Waals surface area contributed by atoms with Crippen molar-refractivity contribution < 1.29 is 13.6 Å². The van der Waals surface area contributed by atoms with E-state index in [1.165, 1.54) is 47.4 Å². The number of nitrogens with one attached hydrogen (secondary N) is 1. The van der Waals surface area contributed by atoms with Gasteiger partial charge >= 0.3 is 0 Å². The van der Waals surface area contributed by atoms with Gasteiger partial charge in [-0.1, -0.05) is 0 Å². The average Bonchev–Trinajstić information content (AvgIpc) is 3.27. The van der Waals surface area contributed by atoms with Crippen molar-refractivity contribution in [1.29, 1.82) is 0 Å². The Morgan fingerprint density at radius 2 is 1.97 bits per heavy atom. The SMILES string of the molecule is CN=C(C1=C(N)[C@H](C)N(C(=O)c2ncn(-c3ccc(=O)[nH]c3)n2)CC1)c1cc(F)cc(F)c1. The fourth-order valence-corrected chi connectivity index (χ4v) is 3.81. The first-order valence-corrected chi connectivity index (χ1v) is 10.1. The molecular weight excluding hydrogens is 432 g/mol. The Morgan fingerprint density at radius 3 is 2.61 bits per heavy atom. The molecule has 11 heteroatoms. The molecule has 0 aliphatic carbocycles. The van der Waals surface area contributed by atoms with Crippen LogP contribution in [0.25, 0.3) is 5.69 Å². The number of hydrogen-bond acceptors (Lipinski definition) is 6. The Labute approximate surface area is 187 Å². The summed E-state index contributed by atoms with van der Waals surface area (Å²) in [4.78, 5) is 36.7. The summed E-state index contributed by atoms with van der Waals surface area (Å²) >= 11 is 0. The summed E-state index contributed by atoms with van der Waals surface area (Å²) in [5, 5.41) is 4.21. The van der Waals surface area contributed by atoms with Crippen molar-refractivity contribution in [3.05, 3.63) is 87.5 Å². The fraction of sp³-hybridized carbons (Fsp3) is 0.227. The third-order valence-corrected chi connectivity index (χ3v) is 5.49. The highest BCUT2D eigenvalue weighted by Crippen LogP contribution is 2.26. The lowest BCUT2D eigenvalue weighted by molar-refractivity contribution is 0.0694. The van der Waals surface area contributed by atoms with Crippen LogP contribution in [-0.2, 0) is 0 Å². The number of aliphatic imine (C=N–C) groups is 1. The van der Waals surface area contributed by atoms with Gasteiger partial charge in [0.1, 0.15) is 18.0 Å². The lowest BCUT2D eigenvalue weighted by Crippen LogP contribution is -2.47. The molecule has 3 heterocycles. The number of aromatic nitrogens is 4. The quantitative estimate of drug-likeness (QED) is 0.584. The zero-order chi connectivity index (χ0) is 23.7. The second-order valence-corrected chi connectivity index (χ2v) is 7.51. The molecule has 0 fully saturated rings. The topological polar surface area (TPSA) is 122 Å². The van der Waals surface area contributed by atoms with Crippen LogP contribution < -0.4 is 11.3 Å². The summed E-state index contributed by atoms with van der Waals surface area (Å²) in [5.41, 5.74) is 8.32. The number of hydrogen-bond donors (Lipinski definition) is 2. The Morgan fingerprint density at radius 1 is 1.24 bits per heavy atom. The molecule has 170 valence electrons. The molecule has 1 atom stereocenters. The minimum Gasteiger partial charge on any atom is -0.400 e. The largest absolute Gasteiger partial charge is 0.400 e. The highest BCUT2D eigenvalue weighted by molar-refractivity contribution is 6.13. The van der Waals surface area contributed by atoms with Gasteiger partial charge in [-0.05, 0) is 31.5 Å². The van der Waals surface area contributed by atoms with E-state index in [4.69, 9.17) is 5.73 Å². The Kier molecular flexibility index (Phi) is 5.86. The number of H-pyrrole nitrogens is 1. The lowest BCUT2D eigenvalue weighted by atomic mass is 9.91. The summed E-state index contributed by atoms with van der Waals surface area (Å²) in [7, 11) is 1.52. The van der Waals surface area contributed by atoms with E-state index in [0.717, 1.165) is 6.07 Å². The number of amides is 1. The minimum atomic E-state index is -0.713. The van der Waals surface area contributed by atoms with Gasteiger partial charge in [0.15, 0.2) is 0 Å². The van der Waals surface area contributed by atoms with Crippen LogP contribution in [0.4, 0.5) is 8.78 Å².